The number of amides is 2. The number of rotatable bonds is 3. The molecular formula is C11H12N2O3. The van der Waals surface area contributed by atoms with Crippen molar-refractivity contribution in [2.24, 2.45) is 0 Å². The fourth-order valence-electron chi connectivity index (χ4n) is 1.33. The SMILES string of the molecule is O=C(NO)c1ccc(C(=O)NC2CC2)cc1. The number of carbonyl (C=O) groups is 2. The summed E-state index contributed by atoms with van der Waals surface area (Å²) in [5.74, 6) is -0.715. The van der Waals surface area contributed by atoms with Gasteiger partial charge in [0.15, 0.2) is 0 Å². The molecule has 5 heteroatoms. The smallest absolute Gasteiger partial charge is 0.274 e. The van der Waals surface area contributed by atoms with E-state index in [9.17, 15) is 9.59 Å². The van der Waals surface area contributed by atoms with Crippen LogP contribution in [0.5, 0.6) is 0 Å². The number of carbonyl (C=O) groups excluding carboxylic acids is 2. The zero-order valence-electron chi connectivity index (χ0n) is 8.56. The van der Waals surface area contributed by atoms with Crippen molar-refractivity contribution in [1.82, 2.24) is 10.8 Å². The van der Waals surface area contributed by atoms with Gasteiger partial charge in [-0.2, -0.15) is 0 Å². The van der Waals surface area contributed by atoms with Gasteiger partial charge in [-0.15, -0.1) is 0 Å². The third-order valence-corrected chi connectivity index (χ3v) is 2.42. The van der Waals surface area contributed by atoms with Gasteiger partial charge in [0, 0.05) is 17.2 Å². The lowest BCUT2D eigenvalue weighted by atomic mass is 10.1. The van der Waals surface area contributed by atoms with Gasteiger partial charge in [0.1, 0.15) is 0 Å². The van der Waals surface area contributed by atoms with E-state index in [1.54, 1.807) is 12.1 Å². The lowest BCUT2D eigenvalue weighted by Gasteiger charge is -2.04. The molecule has 84 valence electrons. The van der Waals surface area contributed by atoms with Gasteiger partial charge in [-0.1, -0.05) is 0 Å². The van der Waals surface area contributed by atoms with E-state index in [1.165, 1.54) is 17.6 Å². The highest BCUT2D eigenvalue weighted by atomic mass is 16.5. The second-order valence-electron chi connectivity index (χ2n) is 3.77. The average Bonchev–Trinajstić information content (AvgIpc) is 3.12. The van der Waals surface area contributed by atoms with Crippen LogP contribution in [0.1, 0.15) is 33.6 Å². The zero-order valence-corrected chi connectivity index (χ0v) is 8.56. The summed E-state index contributed by atoms with van der Waals surface area (Å²) in [4.78, 5) is 22.6. The first kappa shape index (κ1) is 10.6. The molecule has 0 heterocycles. The lowest BCUT2D eigenvalue weighted by Crippen LogP contribution is -2.25. The van der Waals surface area contributed by atoms with Crippen LogP contribution < -0.4 is 10.8 Å². The molecule has 1 saturated carbocycles. The van der Waals surface area contributed by atoms with Crippen LogP contribution in [0.4, 0.5) is 0 Å². The first-order valence-electron chi connectivity index (χ1n) is 5.06. The van der Waals surface area contributed by atoms with Gasteiger partial charge < -0.3 is 5.32 Å². The van der Waals surface area contributed by atoms with Gasteiger partial charge in [-0.25, -0.2) is 5.48 Å². The Kier molecular flexibility index (Phi) is 2.87. The molecule has 1 aromatic rings. The Bertz CT molecular complexity index is 410. The van der Waals surface area contributed by atoms with Crippen LogP contribution in [0.3, 0.4) is 0 Å². The summed E-state index contributed by atoms with van der Waals surface area (Å²) in [5.41, 5.74) is 2.36. The normalized spacial score (nSPS) is 14.3. The fraction of sp³-hybridized carbons (Fsp3) is 0.273. The third kappa shape index (κ3) is 2.38. The molecule has 0 unspecified atom stereocenters. The van der Waals surface area contributed by atoms with Crippen molar-refractivity contribution < 1.29 is 14.8 Å². The molecule has 0 bridgehead atoms. The Morgan fingerprint density at radius 2 is 1.56 bits per heavy atom. The predicted octanol–water partition coefficient (Wildman–Crippen LogP) is 0.698. The number of hydrogen-bond acceptors (Lipinski definition) is 3. The summed E-state index contributed by atoms with van der Waals surface area (Å²) in [6.45, 7) is 0. The highest BCUT2D eigenvalue weighted by Crippen LogP contribution is 2.19. The summed E-state index contributed by atoms with van der Waals surface area (Å²) in [7, 11) is 0. The first-order chi connectivity index (χ1) is 7.70. The van der Waals surface area contributed by atoms with E-state index >= 15 is 0 Å². The van der Waals surface area contributed by atoms with Crippen molar-refractivity contribution in [3.8, 4) is 0 Å². The van der Waals surface area contributed by atoms with Crippen molar-refractivity contribution in [3.63, 3.8) is 0 Å². The molecule has 1 aliphatic rings. The Balaban J connectivity index is 2.05. The number of hydrogen-bond donors (Lipinski definition) is 3. The van der Waals surface area contributed by atoms with Crippen LogP contribution in [-0.2, 0) is 0 Å². The van der Waals surface area contributed by atoms with Gasteiger partial charge in [0.2, 0.25) is 0 Å². The van der Waals surface area contributed by atoms with E-state index in [-0.39, 0.29) is 5.91 Å². The maximum absolute atomic E-state index is 11.6. The van der Waals surface area contributed by atoms with Crippen LogP contribution in [0.2, 0.25) is 0 Å². The van der Waals surface area contributed by atoms with E-state index in [0.717, 1.165) is 12.8 Å². The van der Waals surface area contributed by atoms with Crippen LogP contribution in [0.25, 0.3) is 0 Å². The van der Waals surface area contributed by atoms with Crippen molar-refractivity contribution in [3.05, 3.63) is 35.4 Å². The highest BCUT2D eigenvalue weighted by molar-refractivity contribution is 5.97. The minimum Gasteiger partial charge on any atom is -0.349 e. The molecule has 0 atom stereocenters. The molecule has 3 N–H and O–H groups in total. The standard InChI is InChI=1S/C11H12N2O3/c14-10(12-9-5-6-9)7-1-3-8(4-2-7)11(15)13-16/h1-4,9,16H,5-6H2,(H,12,14)(H,13,15). The quantitative estimate of drug-likeness (QED) is 0.518. The lowest BCUT2D eigenvalue weighted by molar-refractivity contribution is 0.0706. The van der Waals surface area contributed by atoms with Crippen LogP contribution in [-0.4, -0.2) is 23.1 Å². The van der Waals surface area contributed by atoms with Gasteiger partial charge >= 0.3 is 0 Å². The topological polar surface area (TPSA) is 78.4 Å². The van der Waals surface area contributed by atoms with Gasteiger partial charge in [0.05, 0.1) is 0 Å². The molecule has 0 spiro atoms. The summed E-state index contributed by atoms with van der Waals surface area (Å²) >= 11 is 0. The second kappa shape index (κ2) is 4.32. The van der Waals surface area contributed by atoms with Gasteiger partial charge in [-0.3, -0.25) is 14.8 Å². The van der Waals surface area contributed by atoms with Crippen LogP contribution >= 0.6 is 0 Å². The molecule has 1 fully saturated rings. The summed E-state index contributed by atoms with van der Waals surface area (Å²) in [6.07, 6.45) is 2.08. The van der Waals surface area contributed by atoms with E-state index in [4.69, 9.17) is 5.21 Å². The molecule has 16 heavy (non-hydrogen) atoms. The molecule has 2 amide bonds. The number of nitrogens with one attached hydrogen (secondary N) is 2. The Hall–Kier alpha value is -1.88. The van der Waals surface area contributed by atoms with Crippen molar-refractivity contribution in [1.29, 1.82) is 0 Å². The molecule has 2 rings (SSSR count). The van der Waals surface area contributed by atoms with Crippen LogP contribution in [0.15, 0.2) is 24.3 Å². The summed E-state index contributed by atoms with van der Waals surface area (Å²) in [5, 5.41) is 11.3. The minimum absolute atomic E-state index is 0.126. The Labute approximate surface area is 92.4 Å². The Morgan fingerprint density at radius 3 is 2.00 bits per heavy atom. The highest BCUT2D eigenvalue weighted by Gasteiger charge is 2.23. The molecule has 0 radical (unpaired) electrons. The van der Waals surface area contributed by atoms with E-state index in [0.29, 0.717) is 17.2 Å². The van der Waals surface area contributed by atoms with E-state index in [2.05, 4.69) is 5.32 Å². The molecule has 0 aliphatic heterocycles. The third-order valence-electron chi connectivity index (χ3n) is 2.42. The molecule has 5 nitrogen and oxygen atoms in total. The molecule has 1 aromatic carbocycles. The number of benzene rings is 1. The zero-order chi connectivity index (χ0) is 11.5. The fourth-order valence-corrected chi connectivity index (χ4v) is 1.33. The maximum Gasteiger partial charge on any atom is 0.274 e. The molecule has 1 aliphatic carbocycles. The summed E-state index contributed by atoms with van der Waals surface area (Å²) in [6, 6.07) is 6.42. The van der Waals surface area contributed by atoms with Gasteiger partial charge in [0.25, 0.3) is 11.8 Å². The minimum atomic E-state index is -0.589. The van der Waals surface area contributed by atoms with Crippen molar-refractivity contribution >= 4 is 11.8 Å². The monoisotopic (exact) mass is 220 g/mol. The van der Waals surface area contributed by atoms with Gasteiger partial charge in [-0.05, 0) is 37.1 Å². The van der Waals surface area contributed by atoms with E-state index < -0.39 is 5.91 Å². The van der Waals surface area contributed by atoms with Crippen LogP contribution in [0, 0.1) is 0 Å². The Morgan fingerprint density at radius 1 is 1.06 bits per heavy atom. The molecular weight excluding hydrogens is 208 g/mol. The average molecular weight is 220 g/mol. The largest absolute Gasteiger partial charge is 0.349 e. The van der Waals surface area contributed by atoms with Crippen molar-refractivity contribution in [2.45, 2.75) is 18.9 Å². The molecule has 0 saturated heterocycles. The second-order valence-corrected chi connectivity index (χ2v) is 3.77. The predicted molar refractivity (Wildman–Crippen MR) is 56.2 cm³/mol. The van der Waals surface area contributed by atoms with E-state index in [1.807, 2.05) is 0 Å². The molecule has 0 aromatic heterocycles. The first-order valence-corrected chi connectivity index (χ1v) is 5.06. The number of hydroxylamine groups is 1. The summed E-state index contributed by atoms with van der Waals surface area (Å²) < 4.78 is 0. The maximum atomic E-state index is 11.6. The van der Waals surface area contributed by atoms with Crippen molar-refractivity contribution in [2.75, 3.05) is 0 Å².